The topological polar surface area (TPSA) is 105 Å². The van der Waals surface area contributed by atoms with Crippen molar-refractivity contribution in [3.63, 3.8) is 0 Å². The number of esters is 1. The van der Waals surface area contributed by atoms with Crippen LogP contribution in [0.25, 0.3) is 0 Å². The summed E-state index contributed by atoms with van der Waals surface area (Å²) < 4.78 is 37.9. The number of ether oxygens (including phenoxy) is 2. The molecule has 1 fully saturated rings. The minimum atomic E-state index is -1.03. The largest absolute Gasteiger partial charge is 0.446 e. The van der Waals surface area contributed by atoms with Crippen LogP contribution in [0.2, 0.25) is 0 Å². The quantitative estimate of drug-likeness (QED) is 0.140. The molecule has 5 rings (SSSR count). The van der Waals surface area contributed by atoms with Crippen LogP contribution in [0, 0.1) is 17.6 Å². The van der Waals surface area contributed by atoms with Gasteiger partial charge in [0.25, 0.3) is 0 Å². The van der Waals surface area contributed by atoms with E-state index in [-0.39, 0.29) is 19.4 Å². The summed E-state index contributed by atoms with van der Waals surface area (Å²) in [6.07, 6.45) is -1.64. The molecule has 8 nitrogen and oxygen atoms in total. The second-order valence-electron chi connectivity index (χ2n) is 10.8. The van der Waals surface area contributed by atoms with Crippen LogP contribution in [-0.2, 0) is 14.3 Å². The van der Waals surface area contributed by atoms with Gasteiger partial charge in [-0.3, -0.25) is 9.59 Å². The lowest BCUT2D eigenvalue weighted by atomic mass is 9.85. The number of rotatable bonds is 11. The highest BCUT2D eigenvalue weighted by molar-refractivity contribution is 5.95. The van der Waals surface area contributed by atoms with Crippen LogP contribution < -0.4 is 10.1 Å². The van der Waals surface area contributed by atoms with E-state index in [1.54, 1.807) is 36.4 Å². The third-order valence-electron chi connectivity index (χ3n) is 7.69. The van der Waals surface area contributed by atoms with Crippen molar-refractivity contribution in [2.24, 2.45) is 5.92 Å². The molecule has 0 radical (unpaired) electrons. The molecule has 4 aromatic carbocycles. The standard InChI is InChI=1S/C35H32F2N2O6/c1-22(40)45-29-17-9-25(10-18-29)33(38-28-15-13-27(37)14-16-28)30(19-20-32(41)24-7-11-26(36)12-8-24)34(42)39-31(21-44-35(39)43)23-5-3-2-4-6-23/h2-18,30-33,38,41H,19-21H2,1H3/t30-,31-,32+,33+/m1/s1. The molecular formula is C35H32F2N2O6. The molecule has 1 aliphatic heterocycles. The number of carbonyl (C=O) groups excluding carboxylic acids is 3. The van der Waals surface area contributed by atoms with Gasteiger partial charge in [-0.2, -0.15) is 0 Å². The number of halogens is 2. The van der Waals surface area contributed by atoms with Crippen LogP contribution in [0.15, 0.2) is 103 Å². The number of nitrogens with zero attached hydrogens (tertiary/aromatic N) is 1. The third-order valence-corrected chi connectivity index (χ3v) is 7.69. The summed E-state index contributed by atoms with van der Waals surface area (Å²) in [5.41, 5.74) is 2.30. The number of imide groups is 1. The lowest BCUT2D eigenvalue weighted by Crippen LogP contribution is -2.42. The normalized spacial score (nSPS) is 16.4. The first-order valence-corrected chi connectivity index (χ1v) is 14.5. The van der Waals surface area contributed by atoms with E-state index in [1.165, 1.54) is 55.5 Å². The fourth-order valence-electron chi connectivity index (χ4n) is 5.44. The molecule has 0 aromatic heterocycles. The maximum Gasteiger partial charge on any atom is 0.417 e. The fourth-order valence-corrected chi connectivity index (χ4v) is 5.44. The number of aliphatic hydroxyl groups excluding tert-OH is 1. The first-order valence-electron chi connectivity index (χ1n) is 14.5. The monoisotopic (exact) mass is 614 g/mol. The van der Waals surface area contributed by atoms with Gasteiger partial charge in [-0.15, -0.1) is 0 Å². The molecular weight excluding hydrogens is 582 g/mol. The number of hydrogen-bond acceptors (Lipinski definition) is 7. The van der Waals surface area contributed by atoms with E-state index in [0.717, 1.165) is 10.5 Å². The number of anilines is 1. The van der Waals surface area contributed by atoms with Crippen LogP contribution in [0.4, 0.5) is 19.3 Å². The zero-order valence-corrected chi connectivity index (χ0v) is 24.4. The summed E-state index contributed by atoms with van der Waals surface area (Å²) in [4.78, 5) is 40.2. The summed E-state index contributed by atoms with van der Waals surface area (Å²) in [6, 6.07) is 25.2. The van der Waals surface area contributed by atoms with Crippen molar-refractivity contribution in [2.45, 2.75) is 38.0 Å². The van der Waals surface area contributed by atoms with E-state index in [4.69, 9.17) is 9.47 Å². The Kier molecular flexibility index (Phi) is 9.84. The Bertz CT molecular complexity index is 1620. The Balaban J connectivity index is 1.54. The molecule has 45 heavy (non-hydrogen) atoms. The average Bonchev–Trinajstić information content (AvgIpc) is 3.43. The van der Waals surface area contributed by atoms with E-state index in [2.05, 4.69) is 5.32 Å². The Morgan fingerprint density at radius 2 is 1.49 bits per heavy atom. The predicted octanol–water partition coefficient (Wildman–Crippen LogP) is 6.89. The number of benzene rings is 4. The van der Waals surface area contributed by atoms with Crippen molar-refractivity contribution in [1.82, 2.24) is 4.90 Å². The second-order valence-corrected chi connectivity index (χ2v) is 10.8. The smallest absolute Gasteiger partial charge is 0.417 e. The molecule has 0 unspecified atom stereocenters. The van der Waals surface area contributed by atoms with Crippen molar-refractivity contribution < 1.29 is 37.7 Å². The van der Waals surface area contributed by atoms with Gasteiger partial charge in [0.05, 0.1) is 18.1 Å². The zero-order chi connectivity index (χ0) is 31.9. The first kappa shape index (κ1) is 31.3. The van der Waals surface area contributed by atoms with Gasteiger partial charge in [0.2, 0.25) is 5.91 Å². The zero-order valence-electron chi connectivity index (χ0n) is 24.4. The molecule has 0 bridgehead atoms. The van der Waals surface area contributed by atoms with Crippen molar-refractivity contribution in [1.29, 1.82) is 0 Å². The minimum absolute atomic E-state index is 0.0212. The Labute approximate surface area is 259 Å². The summed E-state index contributed by atoms with van der Waals surface area (Å²) >= 11 is 0. The second kappa shape index (κ2) is 14.1. The molecule has 4 atom stereocenters. The molecule has 1 aliphatic rings. The van der Waals surface area contributed by atoms with Gasteiger partial charge in [0, 0.05) is 12.6 Å². The molecule has 0 saturated carbocycles. The molecule has 0 aliphatic carbocycles. The highest BCUT2D eigenvalue weighted by atomic mass is 19.1. The van der Waals surface area contributed by atoms with Gasteiger partial charge in [0.15, 0.2) is 0 Å². The van der Waals surface area contributed by atoms with E-state index in [9.17, 15) is 28.3 Å². The Hall–Kier alpha value is -5.09. The molecule has 4 aromatic rings. The lowest BCUT2D eigenvalue weighted by Gasteiger charge is -2.32. The SMILES string of the molecule is CC(=O)Oc1ccc([C@H](Nc2ccc(F)cc2)[C@@H](CC[C@H](O)c2ccc(F)cc2)C(=O)N2C(=O)OC[C@@H]2c2ccccc2)cc1. The van der Waals surface area contributed by atoms with Crippen molar-refractivity contribution in [2.75, 3.05) is 11.9 Å². The highest BCUT2D eigenvalue weighted by Crippen LogP contribution is 2.38. The molecule has 10 heteroatoms. The molecule has 232 valence electrons. The Morgan fingerprint density at radius 1 is 0.889 bits per heavy atom. The number of cyclic esters (lactones) is 1. The summed E-state index contributed by atoms with van der Waals surface area (Å²) in [6.45, 7) is 1.26. The van der Waals surface area contributed by atoms with Gasteiger partial charge >= 0.3 is 12.1 Å². The van der Waals surface area contributed by atoms with Gasteiger partial charge in [-0.25, -0.2) is 18.5 Å². The maximum atomic E-state index is 14.5. The van der Waals surface area contributed by atoms with Gasteiger partial charge in [-0.05, 0) is 78.1 Å². The van der Waals surface area contributed by atoms with Crippen molar-refractivity contribution >= 4 is 23.7 Å². The van der Waals surface area contributed by atoms with Crippen molar-refractivity contribution in [3.8, 4) is 5.75 Å². The van der Waals surface area contributed by atoms with Gasteiger partial charge in [-0.1, -0.05) is 54.6 Å². The van der Waals surface area contributed by atoms with Crippen LogP contribution in [0.1, 0.15) is 54.6 Å². The molecule has 1 heterocycles. The van der Waals surface area contributed by atoms with Crippen LogP contribution >= 0.6 is 0 Å². The summed E-state index contributed by atoms with van der Waals surface area (Å²) in [5, 5.41) is 14.4. The van der Waals surface area contributed by atoms with Gasteiger partial charge < -0.3 is 19.9 Å². The summed E-state index contributed by atoms with van der Waals surface area (Å²) in [5.74, 6) is -2.58. The maximum absolute atomic E-state index is 14.5. The fraction of sp³-hybridized carbons (Fsp3) is 0.229. The number of amides is 2. The van der Waals surface area contributed by atoms with Crippen LogP contribution in [0.5, 0.6) is 5.75 Å². The van der Waals surface area contributed by atoms with Crippen LogP contribution in [0.3, 0.4) is 0 Å². The molecule has 2 amide bonds. The van der Waals surface area contributed by atoms with E-state index in [1.807, 2.05) is 18.2 Å². The highest BCUT2D eigenvalue weighted by Gasteiger charge is 2.44. The van der Waals surface area contributed by atoms with Crippen molar-refractivity contribution in [3.05, 3.63) is 131 Å². The Morgan fingerprint density at radius 3 is 2.11 bits per heavy atom. The summed E-state index contributed by atoms with van der Waals surface area (Å²) in [7, 11) is 0. The molecule has 2 N–H and O–H groups in total. The van der Waals surface area contributed by atoms with E-state index in [0.29, 0.717) is 22.6 Å². The molecule has 1 saturated heterocycles. The minimum Gasteiger partial charge on any atom is -0.446 e. The van der Waals surface area contributed by atoms with E-state index >= 15 is 0 Å². The average molecular weight is 615 g/mol. The van der Waals surface area contributed by atoms with E-state index < -0.39 is 53.7 Å². The number of hydrogen-bond donors (Lipinski definition) is 2. The number of carbonyl (C=O) groups is 3. The first-order chi connectivity index (χ1) is 21.7. The predicted molar refractivity (Wildman–Crippen MR) is 162 cm³/mol. The molecule has 0 spiro atoms. The lowest BCUT2D eigenvalue weighted by molar-refractivity contribution is -0.134. The third kappa shape index (κ3) is 7.71. The number of nitrogens with one attached hydrogen (secondary N) is 1. The number of aliphatic hydroxyl groups is 1. The van der Waals surface area contributed by atoms with Gasteiger partial charge in [0.1, 0.15) is 30.0 Å². The van der Waals surface area contributed by atoms with Crippen LogP contribution in [-0.4, -0.2) is 34.6 Å².